The second-order valence-electron chi connectivity index (χ2n) is 4.04. The number of hydrogen-bond donors (Lipinski definition) is 0. The lowest BCUT2D eigenvalue weighted by Crippen LogP contribution is -2.05. The van der Waals surface area contributed by atoms with Crippen LogP contribution in [0.15, 0.2) is 35.9 Å². The highest BCUT2D eigenvalue weighted by Crippen LogP contribution is 2.24. The van der Waals surface area contributed by atoms with E-state index in [1.54, 1.807) is 0 Å². The SMILES string of the molecule is Fc1ccc(CC2=CC(Cl)CCC2)cc1. The molecule has 0 saturated heterocycles. The normalized spacial score (nSPS) is 21.2. The second kappa shape index (κ2) is 4.80. The van der Waals surface area contributed by atoms with E-state index in [4.69, 9.17) is 11.6 Å². The van der Waals surface area contributed by atoms with Crippen LogP contribution < -0.4 is 0 Å². The number of hydrogen-bond acceptors (Lipinski definition) is 0. The van der Waals surface area contributed by atoms with Gasteiger partial charge in [-0.05, 0) is 43.4 Å². The van der Waals surface area contributed by atoms with Gasteiger partial charge in [0.05, 0.1) is 5.38 Å². The first-order chi connectivity index (χ1) is 7.24. The van der Waals surface area contributed by atoms with Crippen molar-refractivity contribution in [2.75, 3.05) is 0 Å². The van der Waals surface area contributed by atoms with Gasteiger partial charge in [-0.25, -0.2) is 4.39 Å². The molecule has 1 aliphatic rings. The molecule has 0 bridgehead atoms. The van der Waals surface area contributed by atoms with Crippen LogP contribution in [0.25, 0.3) is 0 Å². The summed E-state index contributed by atoms with van der Waals surface area (Å²) in [5.41, 5.74) is 2.54. The van der Waals surface area contributed by atoms with Crippen LogP contribution in [0.3, 0.4) is 0 Å². The predicted molar refractivity (Wildman–Crippen MR) is 61.7 cm³/mol. The minimum absolute atomic E-state index is 0.174. The average molecular weight is 225 g/mol. The maximum Gasteiger partial charge on any atom is 0.123 e. The van der Waals surface area contributed by atoms with Gasteiger partial charge in [-0.2, -0.15) is 0 Å². The molecular weight excluding hydrogens is 211 g/mol. The Hall–Kier alpha value is -0.820. The van der Waals surface area contributed by atoms with Crippen LogP contribution in [-0.4, -0.2) is 5.38 Å². The summed E-state index contributed by atoms with van der Waals surface area (Å²) >= 11 is 6.07. The van der Waals surface area contributed by atoms with E-state index >= 15 is 0 Å². The van der Waals surface area contributed by atoms with Crippen LogP contribution in [0.1, 0.15) is 24.8 Å². The maximum atomic E-state index is 12.7. The average Bonchev–Trinajstić information content (AvgIpc) is 2.22. The van der Waals surface area contributed by atoms with E-state index in [1.165, 1.54) is 24.1 Å². The van der Waals surface area contributed by atoms with Gasteiger partial charge in [-0.1, -0.05) is 23.8 Å². The Bertz CT molecular complexity index is 353. The van der Waals surface area contributed by atoms with E-state index in [-0.39, 0.29) is 11.2 Å². The number of halogens is 2. The van der Waals surface area contributed by atoms with E-state index in [1.807, 2.05) is 12.1 Å². The molecule has 1 unspecified atom stereocenters. The molecule has 0 radical (unpaired) electrons. The largest absolute Gasteiger partial charge is 0.207 e. The van der Waals surface area contributed by atoms with E-state index in [0.29, 0.717) is 0 Å². The van der Waals surface area contributed by atoms with E-state index in [9.17, 15) is 4.39 Å². The molecule has 0 saturated carbocycles. The molecule has 1 aromatic carbocycles. The van der Waals surface area contributed by atoms with Gasteiger partial charge in [-0.15, -0.1) is 11.6 Å². The third-order valence-electron chi connectivity index (χ3n) is 2.74. The van der Waals surface area contributed by atoms with Crippen molar-refractivity contribution in [1.29, 1.82) is 0 Å². The molecule has 1 aliphatic carbocycles. The van der Waals surface area contributed by atoms with Gasteiger partial charge in [0.15, 0.2) is 0 Å². The fourth-order valence-electron chi connectivity index (χ4n) is 1.96. The van der Waals surface area contributed by atoms with Crippen LogP contribution >= 0.6 is 11.6 Å². The van der Waals surface area contributed by atoms with Crippen molar-refractivity contribution < 1.29 is 4.39 Å². The lowest BCUT2D eigenvalue weighted by molar-refractivity contribution is 0.627. The third-order valence-corrected chi connectivity index (χ3v) is 3.08. The molecule has 0 aromatic heterocycles. The highest BCUT2D eigenvalue weighted by Gasteiger charge is 2.11. The zero-order chi connectivity index (χ0) is 10.7. The lowest BCUT2D eigenvalue weighted by atomic mass is 9.94. The molecule has 2 rings (SSSR count). The van der Waals surface area contributed by atoms with Crippen molar-refractivity contribution in [2.24, 2.45) is 0 Å². The fourth-order valence-corrected chi connectivity index (χ4v) is 2.29. The predicted octanol–water partition coefficient (Wildman–Crippen LogP) is 4.09. The van der Waals surface area contributed by atoms with Crippen molar-refractivity contribution >= 4 is 11.6 Å². The Labute approximate surface area is 94.8 Å². The van der Waals surface area contributed by atoms with Crippen LogP contribution in [0, 0.1) is 5.82 Å². The Morgan fingerprint density at radius 1 is 1.27 bits per heavy atom. The summed E-state index contributed by atoms with van der Waals surface area (Å²) in [5.74, 6) is -0.174. The number of rotatable bonds is 2. The summed E-state index contributed by atoms with van der Waals surface area (Å²) in [6, 6.07) is 6.70. The molecule has 15 heavy (non-hydrogen) atoms. The van der Waals surface area contributed by atoms with Crippen LogP contribution in [-0.2, 0) is 6.42 Å². The molecule has 0 N–H and O–H groups in total. The van der Waals surface area contributed by atoms with Crippen molar-refractivity contribution in [3.63, 3.8) is 0 Å². The highest BCUT2D eigenvalue weighted by molar-refractivity contribution is 6.21. The van der Waals surface area contributed by atoms with Crippen LogP contribution in [0.4, 0.5) is 4.39 Å². The summed E-state index contributed by atoms with van der Waals surface area (Å²) in [4.78, 5) is 0. The van der Waals surface area contributed by atoms with E-state index in [2.05, 4.69) is 6.08 Å². The topological polar surface area (TPSA) is 0 Å². The van der Waals surface area contributed by atoms with Gasteiger partial charge in [0.2, 0.25) is 0 Å². The Morgan fingerprint density at radius 3 is 2.67 bits per heavy atom. The Morgan fingerprint density at radius 2 is 2.00 bits per heavy atom. The maximum absolute atomic E-state index is 12.7. The molecule has 0 fully saturated rings. The molecular formula is C13H14ClF. The second-order valence-corrected chi connectivity index (χ2v) is 4.60. The Balaban J connectivity index is 2.05. The smallest absolute Gasteiger partial charge is 0.123 e. The highest BCUT2D eigenvalue weighted by atomic mass is 35.5. The first-order valence-electron chi connectivity index (χ1n) is 5.32. The summed E-state index contributed by atoms with van der Waals surface area (Å²) < 4.78 is 12.7. The molecule has 2 heteroatoms. The van der Waals surface area contributed by atoms with Crippen molar-refractivity contribution in [1.82, 2.24) is 0 Å². The molecule has 80 valence electrons. The zero-order valence-electron chi connectivity index (χ0n) is 8.55. The van der Waals surface area contributed by atoms with Gasteiger partial charge < -0.3 is 0 Å². The molecule has 0 amide bonds. The molecule has 1 atom stereocenters. The monoisotopic (exact) mass is 224 g/mol. The van der Waals surface area contributed by atoms with Crippen LogP contribution in [0.5, 0.6) is 0 Å². The molecule has 0 aliphatic heterocycles. The molecule has 1 aromatic rings. The third kappa shape index (κ3) is 3.07. The minimum Gasteiger partial charge on any atom is -0.207 e. The lowest BCUT2D eigenvalue weighted by Gasteiger charge is -2.16. The van der Waals surface area contributed by atoms with E-state index < -0.39 is 0 Å². The Kier molecular flexibility index (Phi) is 3.42. The van der Waals surface area contributed by atoms with Gasteiger partial charge in [-0.3, -0.25) is 0 Å². The number of allylic oxidation sites excluding steroid dienone is 2. The van der Waals surface area contributed by atoms with E-state index in [0.717, 1.165) is 24.8 Å². The summed E-state index contributed by atoms with van der Waals surface area (Å²) in [6.07, 6.45) is 6.42. The summed E-state index contributed by atoms with van der Waals surface area (Å²) in [7, 11) is 0. The number of benzene rings is 1. The first-order valence-corrected chi connectivity index (χ1v) is 5.76. The van der Waals surface area contributed by atoms with Crippen LogP contribution in [0.2, 0.25) is 0 Å². The van der Waals surface area contributed by atoms with Crippen molar-refractivity contribution in [2.45, 2.75) is 31.1 Å². The quantitative estimate of drug-likeness (QED) is 0.525. The molecule has 0 heterocycles. The standard InChI is InChI=1S/C13H14ClF/c14-12-3-1-2-11(9-12)8-10-4-6-13(15)7-5-10/h4-7,9,12H,1-3,8H2. The molecule has 0 spiro atoms. The zero-order valence-corrected chi connectivity index (χ0v) is 9.30. The summed E-state index contributed by atoms with van der Waals surface area (Å²) in [5, 5.41) is 0.189. The summed E-state index contributed by atoms with van der Waals surface area (Å²) in [6.45, 7) is 0. The van der Waals surface area contributed by atoms with Gasteiger partial charge in [0, 0.05) is 0 Å². The van der Waals surface area contributed by atoms with Gasteiger partial charge in [0.25, 0.3) is 0 Å². The number of alkyl halides is 1. The van der Waals surface area contributed by atoms with Crippen molar-refractivity contribution in [3.05, 3.63) is 47.3 Å². The van der Waals surface area contributed by atoms with Gasteiger partial charge >= 0.3 is 0 Å². The van der Waals surface area contributed by atoms with Crippen molar-refractivity contribution in [3.8, 4) is 0 Å². The van der Waals surface area contributed by atoms with Gasteiger partial charge in [0.1, 0.15) is 5.82 Å². The minimum atomic E-state index is -0.174. The first kappa shape index (κ1) is 10.7. The molecule has 0 nitrogen and oxygen atoms in total. The fraction of sp³-hybridized carbons (Fsp3) is 0.385.